The second-order valence-electron chi connectivity index (χ2n) is 14.2. The van der Waals surface area contributed by atoms with E-state index in [1.165, 1.54) is 0 Å². The number of nitrogens with one attached hydrogen (secondary N) is 1. The predicted molar refractivity (Wildman–Crippen MR) is 200 cm³/mol. The lowest BCUT2D eigenvalue weighted by molar-refractivity contribution is -0.350. The standard InChI is InChI=1S/C35H50Cl3NO16Si/c1-19(40)48-17-25-29(50-20(2)41)30(51-21(3)42)31(52-22(4)43)33(54-25)55-28-24(16-46-15-23-11-9-8-10-12-23)53-32(47-13-14-56(5,6)7)26(27(28)44)39-34(45)49-18-35(36,37)38/h8-12,24-33,44H,13-18H2,1-7H3,(H,39,45)/t24-,25-,26-,27-,28-,29+,30+,31-,32-,33+/m1/s1. The average Bonchev–Trinajstić information content (AvgIpc) is 3.07. The van der Waals surface area contributed by atoms with E-state index in [0.29, 0.717) is 6.04 Å². The predicted octanol–water partition coefficient (Wildman–Crippen LogP) is 3.58. The van der Waals surface area contributed by atoms with E-state index in [1.54, 1.807) is 0 Å². The second-order valence-corrected chi connectivity index (χ2v) is 22.4. The van der Waals surface area contributed by atoms with Crippen molar-refractivity contribution in [1.29, 1.82) is 0 Å². The number of alkyl halides is 3. The number of benzene rings is 1. The van der Waals surface area contributed by atoms with E-state index >= 15 is 0 Å². The normalized spacial score (nSPS) is 28.1. The molecular weight excluding hydrogens is 825 g/mol. The number of hydrogen-bond donors (Lipinski definition) is 2. The zero-order valence-electron chi connectivity index (χ0n) is 32.1. The van der Waals surface area contributed by atoms with Crippen molar-refractivity contribution in [1.82, 2.24) is 5.32 Å². The summed E-state index contributed by atoms with van der Waals surface area (Å²) in [6, 6.07) is 8.47. The summed E-state index contributed by atoms with van der Waals surface area (Å²) >= 11 is 17.3. The smallest absolute Gasteiger partial charge is 0.407 e. The van der Waals surface area contributed by atoms with Crippen molar-refractivity contribution in [3.8, 4) is 0 Å². The summed E-state index contributed by atoms with van der Waals surface area (Å²) in [6.07, 6.45) is -14.6. The van der Waals surface area contributed by atoms with Gasteiger partial charge < -0.3 is 57.8 Å². The van der Waals surface area contributed by atoms with Crippen LogP contribution in [0.5, 0.6) is 0 Å². The number of amides is 1. The summed E-state index contributed by atoms with van der Waals surface area (Å²) in [6.45, 7) is 9.67. The zero-order chi connectivity index (χ0) is 41.8. The Kier molecular flexibility index (Phi) is 18.5. The molecule has 0 aliphatic carbocycles. The van der Waals surface area contributed by atoms with E-state index < -0.39 is 116 Å². The first-order valence-corrected chi connectivity index (χ1v) is 22.5. The number of carbonyl (C=O) groups is 5. The average molecular weight is 875 g/mol. The van der Waals surface area contributed by atoms with Gasteiger partial charge in [0.25, 0.3) is 0 Å². The fraction of sp³-hybridized carbons (Fsp3) is 0.686. The van der Waals surface area contributed by atoms with Crippen molar-refractivity contribution >= 4 is 72.8 Å². The van der Waals surface area contributed by atoms with Crippen molar-refractivity contribution < 1.29 is 76.4 Å². The number of carbonyl (C=O) groups excluding carboxylic acids is 5. The van der Waals surface area contributed by atoms with Crippen LogP contribution in [0.3, 0.4) is 0 Å². The van der Waals surface area contributed by atoms with E-state index in [4.69, 9.17) is 82.2 Å². The van der Waals surface area contributed by atoms with Gasteiger partial charge in [0.05, 0.1) is 13.2 Å². The van der Waals surface area contributed by atoms with Gasteiger partial charge in [-0.2, -0.15) is 0 Å². The Bertz CT molecular complexity index is 1460. The van der Waals surface area contributed by atoms with Gasteiger partial charge in [-0.3, -0.25) is 19.2 Å². The van der Waals surface area contributed by atoms with Crippen LogP contribution in [0.1, 0.15) is 33.3 Å². The molecule has 2 fully saturated rings. The van der Waals surface area contributed by atoms with Gasteiger partial charge in [-0.05, 0) is 11.6 Å². The lowest BCUT2D eigenvalue weighted by Gasteiger charge is -2.48. The van der Waals surface area contributed by atoms with E-state index in [0.717, 1.165) is 33.3 Å². The molecule has 0 spiro atoms. The molecule has 21 heteroatoms. The Balaban J connectivity index is 2.07. The largest absolute Gasteiger partial charge is 0.463 e. The third-order valence-corrected chi connectivity index (χ3v) is 10.1. The maximum Gasteiger partial charge on any atom is 0.407 e. The molecule has 316 valence electrons. The first-order valence-electron chi connectivity index (χ1n) is 17.7. The van der Waals surface area contributed by atoms with Crippen LogP contribution in [0.2, 0.25) is 25.7 Å². The monoisotopic (exact) mass is 873 g/mol. The number of aliphatic hydroxyl groups excluding tert-OH is 1. The number of aliphatic hydroxyl groups is 1. The molecule has 1 amide bonds. The van der Waals surface area contributed by atoms with Crippen molar-refractivity contribution in [2.24, 2.45) is 0 Å². The second kappa shape index (κ2) is 21.8. The highest BCUT2D eigenvalue weighted by Gasteiger charge is 2.56. The molecule has 0 radical (unpaired) electrons. The lowest BCUT2D eigenvalue weighted by atomic mass is 9.95. The third-order valence-electron chi connectivity index (χ3n) is 8.09. The fourth-order valence-electron chi connectivity index (χ4n) is 5.64. The van der Waals surface area contributed by atoms with E-state index in [2.05, 4.69) is 25.0 Å². The van der Waals surface area contributed by atoms with Crippen molar-refractivity contribution in [2.75, 3.05) is 26.4 Å². The molecule has 2 aliphatic rings. The van der Waals surface area contributed by atoms with Gasteiger partial charge in [-0.25, -0.2) is 4.79 Å². The Morgan fingerprint density at radius 2 is 1.34 bits per heavy atom. The number of hydrogen-bond acceptors (Lipinski definition) is 16. The topological polar surface area (TPSA) is 210 Å². The molecule has 56 heavy (non-hydrogen) atoms. The van der Waals surface area contributed by atoms with E-state index in [1.807, 2.05) is 30.3 Å². The maximum atomic E-state index is 13.0. The van der Waals surface area contributed by atoms with Gasteiger partial charge >= 0.3 is 30.0 Å². The molecule has 0 saturated carbocycles. The minimum absolute atomic E-state index is 0.120. The minimum atomic E-state index is -1.95. The first kappa shape index (κ1) is 47.6. The molecule has 0 aromatic heterocycles. The van der Waals surface area contributed by atoms with Crippen LogP contribution in [0, 0.1) is 0 Å². The van der Waals surface area contributed by atoms with Crippen LogP contribution < -0.4 is 5.32 Å². The molecule has 0 unspecified atom stereocenters. The lowest BCUT2D eigenvalue weighted by Crippen LogP contribution is -2.68. The summed E-state index contributed by atoms with van der Waals surface area (Å²) in [7, 11) is -1.65. The Morgan fingerprint density at radius 1 is 0.768 bits per heavy atom. The van der Waals surface area contributed by atoms with Gasteiger partial charge in [0.15, 0.2) is 30.9 Å². The van der Waals surface area contributed by atoms with Gasteiger partial charge in [-0.1, -0.05) is 84.8 Å². The van der Waals surface area contributed by atoms with Gasteiger partial charge in [-0.15, -0.1) is 0 Å². The minimum Gasteiger partial charge on any atom is -0.463 e. The summed E-state index contributed by atoms with van der Waals surface area (Å²) in [5, 5.41) is 14.6. The summed E-state index contributed by atoms with van der Waals surface area (Å²) in [4.78, 5) is 61.9. The van der Waals surface area contributed by atoms with Crippen LogP contribution in [0.25, 0.3) is 0 Å². The maximum absolute atomic E-state index is 13.0. The van der Waals surface area contributed by atoms with E-state index in [-0.39, 0.29) is 19.8 Å². The molecule has 2 N–H and O–H groups in total. The zero-order valence-corrected chi connectivity index (χ0v) is 35.4. The molecule has 1 aromatic carbocycles. The molecule has 17 nitrogen and oxygen atoms in total. The van der Waals surface area contributed by atoms with Crippen molar-refractivity contribution in [3.63, 3.8) is 0 Å². The molecule has 2 saturated heterocycles. The molecule has 3 rings (SSSR count). The van der Waals surface area contributed by atoms with Crippen LogP contribution in [-0.4, -0.2) is 135 Å². The van der Waals surface area contributed by atoms with Crippen molar-refractivity contribution in [3.05, 3.63) is 35.9 Å². The number of ether oxygens (including phenoxy) is 10. The molecule has 0 bridgehead atoms. The van der Waals surface area contributed by atoms with Gasteiger partial charge in [0, 0.05) is 42.4 Å². The van der Waals surface area contributed by atoms with Gasteiger partial charge in [0.2, 0.25) is 3.79 Å². The van der Waals surface area contributed by atoms with Crippen LogP contribution in [0.4, 0.5) is 4.79 Å². The number of esters is 4. The Labute approximate surface area is 341 Å². The fourth-order valence-corrected chi connectivity index (χ4v) is 6.54. The summed E-state index contributed by atoms with van der Waals surface area (Å²) in [5.41, 5.74) is 0.820. The molecule has 1 aromatic rings. The molecule has 2 heterocycles. The first-order chi connectivity index (χ1) is 26.1. The Morgan fingerprint density at radius 3 is 1.91 bits per heavy atom. The Hall–Kier alpha value is -2.78. The highest BCUT2D eigenvalue weighted by atomic mass is 35.6. The van der Waals surface area contributed by atoms with E-state index in [9.17, 15) is 29.1 Å². The molecule has 10 atom stereocenters. The summed E-state index contributed by atoms with van der Waals surface area (Å²) in [5.74, 6) is -3.28. The van der Waals surface area contributed by atoms with Gasteiger partial charge in [0.1, 0.15) is 43.7 Å². The quantitative estimate of drug-likeness (QED) is 0.0992. The van der Waals surface area contributed by atoms with Crippen LogP contribution in [-0.2, 0) is 73.2 Å². The SMILES string of the molecule is CC(=O)OC[C@H]1O[C@@H](O[C@H]2[C@H](O)[C@@H](NC(=O)OCC(Cl)(Cl)Cl)[C@H](OCC[Si](C)(C)C)O[C@@H]2COCc2ccccc2)[C@H](OC(C)=O)[C@@H](OC(C)=O)[C@H]1OC(C)=O. The molecule has 2 aliphatic heterocycles. The number of alkyl carbamates (subject to hydrolysis) is 1. The highest BCUT2D eigenvalue weighted by molar-refractivity contribution is 6.76. The van der Waals surface area contributed by atoms with Crippen LogP contribution in [0.15, 0.2) is 30.3 Å². The van der Waals surface area contributed by atoms with Crippen molar-refractivity contribution in [2.45, 2.75) is 125 Å². The highest BCUT2D eigenvalue weighted by Crippen LogP contribution is 2.34. The van der Waals surface area contributed by atoms with Crippen LogP contribution >= 0.6 is 34.8 Å². The summed E-state index contributed by atoms with van der Waals surface area (Å²) < 4.78 is 55.8. The third kappa shape index (κ3) is 16.2. The molecular formula is C35H50Cl3NO16Si. The number of halogens is 3. The number of rotatable bonds is 17.